The molecule has 5 heteroatoms. The van der Waals surface area contributed by atoms with Crippen molar-refractivity contribution in [2.75, 3.05) is 5.32 Å². The van der Waals surface area contributed by atoms with Gasteiger partial charge in [-0.2, -0.15) is 0 Å². The molecule has 0 saturated carbocycles. The van der Waals surface area contributed by atoms with Gasteiger partial charge in [-0.1, -0.05) is 29.6 Å². The molecule has 3 rings (SSSR count). The summed E-state index contributed by atoms with van der Waals surface area (Å²) in [6.45, 7) is 2.04. The Labute approximate surface area is 126 Å². The molecule has 1 aromatic carbocycles. The Hall–Kier alpha value is -2.27. The number of amides is 1. The van der Waals surface area contributed by atoms with Crippen LogP contribution in [0.25, 0.3) is 10.2 Å². The first-order valence-corrected chi connectivity index (χ1v) is 7.56. The number of benzene rings is 1. The van der Waals surface area contributed by atoms with E-state index in [4.69, 9.17) is 0 Å². The molecule has 0 bridgehead atoms. The van der Waals surface area contributed by atoms with Crippen molar-refractivity contribution in [1.29, 1.82) is 0 Å². The van der Waals surface area contributed by atoms with Crippen LogP contribution >= 0.6 is 11.3 Å². The first-order valence-electron chi connectivity index (χ1n) is 6.75. The number of thiazole rings is 1. The van der Waals surface area contributed by atoms with Crippen molar-refractivity contribution in [1.82, 2.24) is 4.98 Å². The van der Waals surface area contributed by atoms with Gasteiger partial charge in [0.15, 0.2) is 5.13 Å². The van der Waals surface area contributed by atoms with Crippen molar-refractivity contribution < 1.29 is 4.79 Å². The first-order chi connectivity index (χ1) is 10.2. The summed E-state index contributed by atoms with van der Waals surface area (Å²) in [6.07, 6.45) is 8.59. The number of aromatic nitrogens is 1. The molecular formula is C16H15N3OS. The van der Waals surface area contributed by atoms with Gasteiger partial charge in [0.1, 0.15) is 0 Å². The average molecular weight is 297 g/mol. The number of aryl methyl sites for hydroxylation is 1. The van der Waals surface area contributed by atoms with Gasteiger partial charge >= 0.3 is 0 Å². The van der Waals surface area contributed by atoms with Crippen LogP contribution in [0.15, 0.2) is 47.1 Å². The Morgan fingerprint density at radius 1 is 1.43 bits per heavy atom. The van der Waals surface area contributed by atoms with Gasteiger partial charge in [0.2, 0.25) is 5.91 Å². The van der Waals surface area contributed by atoms with Crippen molar-refractivity contribution >= 4 is 38.8 Å². The van der Waals surface area contributed by atoms with E-state index in [1.54, 1.807) is 6.20 Å². The van der Waals surface area contributed by atoms with E-state index in [1.807, 2.05) is 37.4 Å². The number of anilines is 1. The third-order valence-electron chi connectivity index (χ3n) is 3.07. The Balaban J connectivity index is 1.71. The molecule has 0 saturated heterocycles. The Bertz CT molecular complexity index is 771. The Morgan fingerprint density at radius 2 is 2.33 bits per heavy atom. The fourth-order valence-electron chi connectivity index (χ4n) is 2.07. The zero-order chi connectivity index (χ0) is 14.7. The van der Waals surface area contributed by atoms with Gasteiger partial charge in [0.05, 0.1) is 16.6 Å². The molecular weight excluding hydrogens is 282 g/mol. The van der Waals surface area contributed by atoms with Crippen LogP contribution in [0.3, 0.4) is 0 Å². The monoisotopic (exact) mass is 297 g/mol. The number of carbonyl (C=O) groups excluding carboxylic acids is 1. The number of hydrogen-bond donors (Lipinski definition) is 1. The number of aliphatic imine (C=N–C) groups is 1. The van der Waals surface area contributed by atoms with Gasteiger partial charge in [-0.25, -0.2) is 4.98 Å². The summed E-state index contributed by atoms with van der Waals surface area (Å²) in [4.78, 5) is 20.6. The number of fused-ring (bicyclic) bond motifs is 1. The minimum Gasteiger partial charge on any atom is -0.302 e. The highest BCUT2D eigenvalue weighted by Crippen LogP contribution is 2.26. The van der Waals surface area contributed by atoms with Crippen molar-refractivity contribution in [3.63, 3.8) is 0 Å². The second kappa shape index (κ2) is 6.01. The van der Waals surface area contributed by atoms with E-state index in [2.05, 4.69) is 21.4 Å². The minimum absolute atomic E-state index is 0.0706. The Morgan fingerprint density at radius 3 is 3.24 bits per heavy atom. The maximum atomic E-state index is 12.1. The van der Waals surface area contributed by atoms with Crippen molar-refractivity contribution in [3.05, 3.63) is 47.7 Å². The summed E-state index contributed by atoms with van der Waals surface area (Å²) < 4.78 is 1.09. The fraction of sp³-hybridized carbons (Fsp3) is 0.188. The lowest BCUT2D eigenvalue weighted by molar-refractivity contribution is -0.115. The third kappa shape index (κ3) is 3.44. The summed E-state index contributed by atoms with van der Waals surface area (Å²) in [5, 5.41) is 3.50. The molecule has 0 aliphatic carbocycles. The number of nitrogens with one attached hydrogen (secondary N) is 1. The van der Waals surface area contributed by atoms with Gasteiger partial charge in [0.25, 0.3) is 0 Å². The maximum absolute atomic E-state index is 12.1. The summed E-state index contributed by atoms with van der Waals surface area (Å²) in [7, 11) is 0. The summed E-state index contributed by atoms with van der Waals surface area (Å²) >= 11 is 1.50. The van der Waals surface area contributed by atoms with Crippen LogP contribution in [0.4, 0.5) is 5.13 Å². The van der Waals surface area contributed by atoms with E-state index in [9.17, 15) is 4.79 Å². The van der Waals surface area contributed by atoms with Gasteiger partial charge in [-0.3, -0.25) is 9.79 Å². The quantitative estimate of drug-likeness (QED) is 0.935. The van der Waals surface area contributed by atoms with Gasteiger partial charge < -0.3 is 5.32 Å². The molecule has 1 N–H and O–H groups in total. The second-order valence-electron chi connectivity index (χ2n) is 4.89. The highest BCUT2D eigenvalue weighted by atomic mass is 32.1. The zero-order valence-electron chi connectivity index (χ0n) is 11.7. The lowest BCUT2D eigenvalue weighted by Crippen LogP contribution is -2.11. The number of carbonyl (C=O) groups is 1. The van der Waals surface area contributed by atoms with E-state index in [-0.39, 0.29) is 5.91 Å². The van der Waals surface area contributed by atoms with E-state index < -0.39 is 0 Å². The molecule has 1 aliphatic heterocycles. The molecule has 2 heterocycles. The molecule has 106 valence electrons. The summed E-state index contributed by atoms with van der Waals surface area (Å²) in [5.74, 6) is -0.0706. The van der Waals surface area contributed by atoms with Crippen LogP contribution in [0, 0.1) is 6.92 Å². The van der Waals surface area contributed by atoms with E-state index in [1.165, 1.54) is 16.9 Å². The first kappa shape index (κ1) is 13.7. The van der Waals surface area contributed by atoms with Crippen molar-refractivity contribution in [2.45, 2.75) is 19.8 Å². The van der Waals surface area contributed by atoms with Gasteiger partial charge in [0, 0.05) is 18.8 Å². The van der Waals surface area contributed by atoms with Crippen molar-refractivity contribution in [2.24, 2.45) is 4.99 Å². The average Bonchev–Trinajstić information content (AvgIpc) is 2.66. The van der Waals surface area contributed by atoms with Crippen LogP contribution in [0.1, 0.15) is 18.4 Å². The van der Waals surface area contributed by atoms with Gasteiger partial charge in [-0.05, 0) is 30.2 Å². The SMILES string of the molecule is Cc1ccc2nc(NC(=O)CC3=CN=CCC=C3)sc2c1. The Kier molecular flexibility index (Phi) is 3.92. The molecule has 1 aliphatic rings. The summed E-state index contributed by atoms with van der Waals surface area (Å²) in [5.41, 5.74) is 3.01. The van der Waals surface area contributed by atoms with E-state index in [0.717, 1.165) is 22.2 Å². The highest BCUT2D eigenvalue weighted by Gasteiger charge is 2.09. The number of nitrogens with zero attached hydrogens (tertiary/aromatic N) is 2. The lowest BCUT2D eigenvalue weighted by atomic mass is 10.2. The maximum Gasteiger partial charge on any atom is 0.230 e. The molecule has 0 fully saturated rings. The molecule has 0 spiro atoms. The molecule has 4 nitrogen and oxygen atoms in total. The van der Waals surface area contributed by atoms with Crippen LogP contribution in [0.5, 0.6) is 0 Å². The zero-order valence-corrected chi connectivity index (χ0v) is 12.5. The van der Waals surface area contributed by atoms with Crippen LogP contribution in [0.2, 0.25) is 0 Å². The molecule has 1 amide bonds. The van der Waals surface area contributed by atoms with Crippen LogP contribution in [-0.4, -0.2) is 17.1 Å². The van der Waals surface area contributed by atoms with Gasteiger partial charge in [-0.15, -0.1) is 0 Å². The topological polar surface area (TPSA) is 54.4 Å². The standard InChI is InChI=1S/C16H15N3OS/c1-11-5-6-13-14(8-11)21-16(18-13)19-15(20)9-12-4-2-3-7-17-10-12/h2,4-8,10H,3,9H2,1H3,(H,18,19,20). The van der Waals surface area contributed by atoms with E-state index in [0.29, 0.717) is 11.6 Å². The number of rotatable bonds is 3. The highest BCUT2D eigenvalue weighted by molar-refractivity contribution is 7.22. The third-order valence-corrected chi connectivity index (χ3v) is 4.01. The number of allylic oxidation sites excluding steroid dienone is 2. The van der Waals surface area contributed by atoms with E-state index >= 15 is 0 Å². The molecule has 2 aromatic rings. The fourth-order valence-corrected chi connectivity index (χ4v) is 3.05. The smallest absolute Gasteiger partial charge is 0.230 e. The normalized spacial score (nSPS) is 14.0. The molecule has 0 unspecified atom stereocenters. The predicted octanol–water partition coefficient (Wildman–Crippen LogP) is 3.85. The number of hydrogen-bond acceptors (Lipinski definition) is 4. The summed E-state index contributed by atoms with van der Waals surface area (Å²) in [6, 6.07) is 6.07. The molecule has 0 atom stereocenters. The predicted molar refractivity (Wildman–Crippen MR) is 87.9 cm³/mol. The minimum atomic E-state index is -0.0706. The molecule has 21 heavy (non-hydrogen) atoms. The van der Waals surface area contributed by atoms with Crippen LogP contribution in [-0.2, 0) is 4.79 Å². The second-order valence-corrected chi connectivity index (χ2v) is 5.92. The lowest BCUT2D eigenvalue weighted by Gasteiger charge is -2.01. The molecule has 1 aromatic heterocycles. The largest absolute Gasteiger partial charge is 0.302 e. The molecule has 0 radical (unpaired) electrons. The van der Waals surface area contributed by atoms with Crippen molar-refractivity contribution in [3.8, 4) is 0 Å². The van der Waals surface area contributed by atoms with Crippen LogP contribution < -0.4 is 5.32 Å².